The number of fused-ring (bicyclic) bond motifs is 1. The molecule has 1 amide bonds. The number of oxazole rings is 1. The number of anilines is 1. The first-order chi connectivity index (χ1) is 18.3. The van der Waals surface area contributed by atoms with Crippen molar-refractivity contribution in [3.8, 4) is 5.75 Å². The lowest BCUT2D eigenvalue weighted by atomic mass is 9.89. The summed E-state index contributed by atoms with van der Waals surface area (Å²) in [5, 5.41) is 26.6. The van der Waals surface area contributed by atoms with Gasteiger partial charge in [-0.2, -0.15) is 0 Å². The number of amides is 1. The molecule has 3 heterocycles. The smallest absolute Gasteiger partial charge is 0.251 e. The van der Waals surface area contributed by atoms with Gasteiger partial charge >= 0.3 is 0 Å². The number of nitrogens with one attached hydrogen (secondary N) is 2. The molecule has 1 atom stereocenters. The Morgan fingerprint density at radius 3 is 2.92 bits per heavy atom. The van der Waals surface area contributed by atoms with E-state index in [4.69, 9.17) is 9.15 Å². The highest BCUT2D eigenvalue weighted by Crippen LogP contribution is 2.30. The Morgan fingerprint density at radius 2 is 2.16 bits per heavy atom. The second-order valence-corrected chi connectivity index (χ2v) is 10.6. The van der Waals surface area contributed by atoms with Crippen LogP contribution in [0.25, 0.3) is 0 Å². The van der Waals surface area contributed by atoms with Crippen LogP contribution in [0.5, 0.6) is 5.75 Å². The predicted molar refractivity (Wildman–Crippen MR) is 141 cm³/mol. The molecule has 1 aliphatic heterocycles. The van der Waals surface area contributed by atoms with Crippen LogP contribution in [-0.4, -0.2) is 68.4 Å². The molecule has 38 heavy (non-hydrogen) atoms. The van der Waals surface area contributed by atoms with Gasteiger partial charge < -0.3 is 30.0 Å². The Morgan fingerprint density at radius 1 is 1.32 bits per heavy atom. The molecular weight excluding hydrogens is 486 g/mol. The van der Waals surface area contributed by atoms with E-state index >= 15 is 0 Å². The Balaban J connectivity index is 1.12. The third-order valence-corrected chi connectivity index (χ3v) is 7.25. The van der Waals surface area contributed by atoms with E-state index in [2.05, 4.69) is 38.5 Å². The van der Waals surface area contributed by atoms with Crippen molar-refractivity contribution in [1.29, 1.82) is 0 Å². The highest BCUT2D eigenvalue weighted by molar-refractivity contribution is 5.94. The van der Waals surface area contributed by atoms with E-state index < -0.39 is 5.60 Å². The number of carbonyl (C=O) groups is 1. The molecule has 2 aromatic heterocycles. The normalized spacial score (nSPS) is 20.6. The van der Waals surface area contributed by atoms with E-state index in [1.165, 1.54) is 17.5 Å². The summed E-state index contributed by atoms with van der Waals surface area (Å²) in [6, 6.07) is 7.59. The lowest BCUT2D eigenvalue weighted by molar-refractivity contribution is 0.0159. The van der Waals surface area contributed by atoms with E-state index in [1.54, 1.807) is 31.5 Å². The fraction of sp³-hybridized carbons (Fsp3) is 0.464. The second kappa shape index (κ2) is 11.1. The topological polar surface area (TPSA) is 133 Å². The van der Waals surface area contributed by atoms with Gasteiger partial charge in [0.05, 0.1) is 17.9 Å². The first-order valence-electron chi connectivity index (χ1n) is 13.0. The summed E-state index contributed by atoms with van der Waals surface area (Å²) >= 11 is 0. The molecular formula is C28H35N5O5. The molecule has 0 radical (unpaired) electrons. The van der Waals surface area contributed by atoms with Crippen molar-refractivity contribution in [1.82, 2.24) is 20.2 Å². The third kappa shape index (κ3) is 6.32. The number of aromatic nitrogens is 2. The van der Waals surface area contributed by atoms with Gasteiger partial charge in [-0.1, -0.05) is 6.07 Å². The van der Waals surface area contributed by atoms with Crippen LogP contribution < -0.4 is 15.4 Å². The minimum Gasteiger partial charge on any atom is -0.485 e. The van der Waals surface area contributed by atoms with Crippen LogP contribution in [0.1, 0.15) is 52.6 Å². The predicted octanol–water partition coefficient (Wildman–Crippen LogP) is 2.43. The zero-order valence-electron chi connectivity index (χ0n) is 21.8. The molecule has 5 rings (SSSR count). The van der Waals surface area contributed by atoms with Crippen molar-refractivity contribution in [3.63, 3.8) is 0 Å². The average Bonchev–Trinajstić information content (AvgIpc) is 3.40. The number of rotatable bonds is 10. The van der Waals surface area contributed by atoms with Crippen LogP contribution in [0.4, 0.5) is 5.82 Å². The fourth-order valence-corrected chi connectivity index (χ4v) is 5.11. The fourth-order valence-electron chi connectivity index (χ4n) is 5.11. The Kier molecular flexibility index (Phi) is 7.64. The highest BCUT2D eigenvalue weighted by atomic mass is 16.5. The lowest BCUT2D eigenvalue weighted by Gasteiger charge is -2.35. The van der Waals surface area contributed by atoms with Crippen molar-refractivity contribution < 1.29 is 24.2 Å². The van der Waals surface area contributed by atoms with Crippen LogP contribution in [0, 0.1) is 6.92 Å². The van der Waals surface area contributed by atoms with E-state index in [-0.39, 0.29) is 24.6 Å². The van der Waals surface area contributed by atoms with Gasteiger partial charge in [0.2, 0.25) is 0 Å². The van der Waals surface area contributed by atoms with Gasteiger partial charge in [0, 0.05) is 44.0 Å². The number of carbonyl (C=O) groups excluding carboxylic acids is 1. The quantitative estimate of drug-likeness (QED) is 0.317. The molecule has 202 valence electrons. The van der Waals surface area contributed by atoms with E-state index in [9.17, 15) is 15.0 Å². The summed E-state index contributed by atoms with van der Waals surface area (Å²) in [7, 11) is 0. The minimum atomic E-state index is -1.10. The minimum absolute atomic E-state index is 0.128. The Hall–Kier alpha value is -3.47. The van der Waals surface area contributed by atoms with Crippen LogP contribution in [0.15, 0.2) is 47.5 Å². The number of ether oxygens (including phenoxy) is 1. The number of β-amino-alcohol motifs (C(OH)–C–C–N with tert-alkyl or cyclic N) is 1. The number of hydrogen-bond acceptors (Lipinski definition) is 9. The van der Waals surface area contributed by atoms with E-state index in [1.807, 2.05) is 6.07 Å². The molecule has 0 unspecified atom stereocenters. The maximum absolute atomic E-state index is 12.8. The zero-order chi connectivity index (χ0) is 26.7. The summed E-state index contributed by atoms with van der Waals surface area (Å²) in [6.07, 6.45) is 6.58. The molecule has 1 aromatic carbocycles. The van der Waals surface area contributed by atoms with Crippen LogP contribution >= 0.6 is 0 Å². The summed E-state index contributed by atoms with van der Waals surface area (Å²) in [6.45, 7) is 6.24. The molecule has 0 saturated heterocycles. The van der Waals surface area contributed by atoms with Gasteiger partial charge in [-0.15, -0.1) is 0 Å². The molecule has 0 spiro atoms. The third-order valence-electron chi connectivity index (χ3n) is 7.25. The van der Waals surface area contributed by atoms with Crippen molar-refractivity contribution in [3.05, 3.63) is 71.1 Å². The zero-order valence-corrected chi connectivity index (χ0v) is 21.8. The highest BCUT2D eigenvalue weighted by Gasteiger charge is 2.29. The number of aliphatic hydroxyl groups excluding tert-OH is 1. The molecule has 10 heteroatoms. The van der Waals surface area contributed by atoms with Gasteiger partial charge in [0.1, 0.15) is 18.2 Å². The summed E-state index contributed by atoms with van der Waals surface area (Å²) in [5.41, 5.74) is 3.00. The molecule has 10 nitrogen and oxygen atoms in total. The maximum atomic E-state index is 12.8. The number of benzene rings is 1. The number of nitrogens with zero attached hydrogens (tertiary/aromatic N) is 3. The molecule has 1 saturated carbocycles. The number of aliphatic hydroxyl groups is 2. The average molecular weight is 522 g/mol. The van der Waals surface area contributed by atoms with Gasteiger partial charge in [-0.25, -0.2) is 9.97 Å². The van der Waals surface area contributed by atoms with Crippen molar-refractivity contribution >= 4 is 11.7 Å². The van der Waals surface area contributed by atoms with Crippen LogP contribution in [0.2, 0.25) is 0 Å². The SMILES string of the molecule is Cc1c(OCc2cnco2)ccc2c1CCN(C[C@](C)(O)CNC(=O)c1ccnc(N[C@H]3C[C@H](O)C3)c1)C2. The monoisotopic (exact) mass is 521 g/mol. The lowest BCUT2D eigenvalue weighted by Crippen LogP contribution is -2.49. The number of hydrogen-bond donors (Lipinski definition) is 4. The van der Waals surface area contributed by atoms with Gasteiger partial charge in [0.25, 0.3) is 5.91 Å². The first-order valence-corrected chi connectivity index (χ1v) is 13.0. The standard InChI is InChI=1S/C28H35N5O5/c1-18-24-6-8-33(13-20(24)3-4-25(18)37-14-23-12-29-17-38-23)16-28(2,36)15-31-27(35)19-5-7-30-26(9-19)32-21-10-22(34)11-21/h3-5,7,9,12,17,21-22,34,36H,6,8,10-11,13-16H2,1-2H3,(H,30,32)(H,31,35)/t21-,22-,28-/m1/s1. The van der Waals surface area contributed by atoms with Gasteiger partial charge in [0.15, 0.2) is 12.2 Å². The first kappa shape index (κ1) is 26.1. The van der Waals surface area contributed by atoms with Crippen molar-refractivity contribution in [2.75, 3.05) is 25.0 Å². The van der Waals surface area contributed by atoms with Crippen molar-refractivity contribution in [2.24, 2.45) is 0 Å². The largest absolute Gasteiger partial charge is 0.485 e. The molecule has 1 fully saturated rings. The second-order valence-electron chi connectivity index (χ2n) is 10.6. The van der Waals surface area contributed by atoms with Gasteiger partial charge in [-0.05, 0) is 68.0 Å². The van der Waals surface area contributed by atoms with E-state index in [0.29, 0.717) is 43.1 Å². The Bertz CT molecular complexity index is 1260. The molecule has 0 bridgehead atoms. The molecule has 4 N–H and O–H groups in total. The van der Waals surface area contributed by atoms with Gasteiger partial charge in [-0.3, -0.25) is 9.69 Å². The van der Waals surface area contributed by atoms with Crippen molar-refractivity contribution in [2.45, 2.75) is 64.0 Å². The number of pyridine rings is 1. The molecule has 1 aliphatic carbocycles. The Labute approximate surface area is 222 Å². The molecule has 2 aliphatic rings. The van der Waals surface area contributed by atoms with Crippen LogP contribution in [0.3, 0.4) is 0 Å². The molecule has 3 aromatic rings. The summed E-state index contributed by atoms with van der Waals surface area (Å²) < 4.78 is 11.2. The summed E-state index contributed by atoms with van der Waals surface area (Å²) in [5.74, 6) is 1.86. The summed E-state index contributed by atoms with van der Waals surface area (Å²) in [4.78, 5) is 23.2. The van der Waals surface area contributed by atoms with Crippen LogP contribution in [-0.2, 0) is 19.6 Å². The van der Waals surface area contributed by atoms with E-state index in [0.717, 1.165) is 30.8 Å². The maximum Gasteiger partial charge on any atom is 0.251 e.